The average Bonchev–Trinajstić information content (AvgIpc) is 3.03. The average molecular weight is 370 g/mol. The molecule has 2 heterocycles. The summed E-state index contributed by atoms with van der Waals surface area (Å²) in [7, 11) is -3.76. The lowest BCUT2D eigenvalue weighted by atomic mass is 10.2. The number of sulfonamides is 1. The molecule has 9 heteroatoms. The summed E-state index contributed by atoms with van der Waals surface area (Å²) in [5.74, 6) is -0.515. The first-order chi connectivity index (χ1) is 11.4. The van der Waals surface area contributed by atoms with Gasteiger partial charge in [-0.05, 0) is 12.5 Å². The van der Waals surface area contributed by atoms with Crippen LogP contribution in [0.3, 0.4) is 0 Å². The Labute approximate surface area is 144 Å². The third-order valence-electron chi connectivity index (χ3n) is 3.98. The molecule has 1 aliphatic heterocycles. The molecule has 1 unspecified atom stereocenters. The Bertz CT molecular complexity index is 882. The molecule has 1 saturated heterocycles. The summed E-state index contributed by atoms with van der Waals surface area (Å²) in [6.07, 6.45) is 3.47. The van der Waals surface area contributed by atoms with Gasteiger partial charge >= 0.3 is 0 Å². The number of fused-ring (bicyclic) bond motifs is 1. The molecule has 3 rings (SSSR count). The summed E-state index contributed by atoms with van der Waals surface area (Å²) in [4.78, 5) is 15.4. The van der Waals surface area contributed by atoms with Crippen molar-refractivity contribution in [3.63, 3.8) is 0 Å². The van der Waals surface area contributed by atoms with Crippen molar-refractivity contribution in [1.29, 1.82) is 0 Å². The van der Waals surface area contributed by atoms with Crippen molar-refractivity contribution in [3.05, 3.63) is 35.6 Å². The molecule has 7 nitrogen and oxygen atoms in total. The molecule has 0 spiro atoms. The lowest BCUT2D eigenvalue weighted by Gasteiger charge is -2.18. The van der Waals surface area contributed by atoms with Gasteiger partial charge in [0.05, 0.1) is 9.92 Å². The molecule has 2 N–H and O–H groups in total. The Balaban J connectivity index is 1.94. The molecule has 0 radical (unpaired) electrons. The number of halogens is 1. The van der Waals surface area contributed by atoms with Crippen molar-refractivity contribution in [2.45, 2.75) is 17.4 Å². The van der Waals surface area contributed by atoms with Gasteiger partial charge in [0, 0.05) is 42.3 Å². The van der Waals surface area contributed by atoms with E-state index >= 15 is 0 Å². The normalized spacial score (nSPS) is 18.8. The lowest BCUT2D eigenvalue weighted by Crippen LogP contribution is -2.39. The quantitative estimate of drug-likeness (QED) is 0.828. The Morgan fingerprint density at radius 3 is 2.96 bits per heavy atom. The van der Waals surface area contributed by atoms with E-state index in [-0.39, 0.29) is 29.0 Å². The number of aliphatic hydroxyl groups is 1. The van der Waals surface area contributed by atoms with E-state index in [1.807, 2.05) is 0 Å². The molecule has 0 aliphatic carbocycles. The Morgan fingerprint density at radius 1 is 1.42 bits per heavy atom. The van der Waals surface area contributed by atoms with Crippen molar-refractivity contribution in [3.8, 4) is 0 Å². The number of nitrogens with zero attached hydrogens (tertiary/aromatic N) is 2. The molecule has 1 amide bonds. The lowest BCUT2D eigenvalue weighted by molar-refractivity contribution is -0.124. The first kappa shape index (κ1) is 17.1. The molecule has 128 valence electrons. The van der Waals surface area contributed by atoms with Gasteiger partial charge in [-0.2, -0.15) is 4.31 Å². The zero-order chi connectivity index (χ0) is 17.3. The molecular weight excluding hydrogens is 354 g/mol. The number of pyridine rings is 1. The number of carbonyl (C=O) groups excluding carboxylic acids is 1. The zero-order valence-corrected chi connectivity index (χ0v) is 14.2. The third kappa shape index (κ3) is 3.10. The molecule has 1 aromatic heterocycles. The molecule has 1 aromatic carbocycles. The molecule has 1 aliphatic rings. The zero-order valence-electron chi connectivity index (χ0n) is 12.6. The smallest absolute Gasteiger partial charge is 0.245 e. The summed E-state index contributed by atoms with van der Waals surface area (Å²) >= 11 is 6.16. The van der Waals surface area contributed by atoms with E-state index < -0.39 is 22.5 Å². The van der Waals surface area contributed by atoms with Crippen LogP contribution in [0.4, 0.5) is 0 Å². The largest absolute Gasteiger partial charge is 0.387 e. The van der Waals surface area contributed by atoms with E-state index in [0.29, 0.717) is 17.2 Å². The highest BCUT2D eigenvalue weighted by Gasteiger charge is 2.34. The van der Waals surface area contributed by atoms with Crippen LogP contribution in [0, 0.1) is 0 Å². The summed E-state index contributed by atoms with van der Waals surface area (Å²) in [6.45, 7) is -0.167. The predicted octanol–water partition coefficient (Wildman–Crippen LogP) is 0.760. The monoisotopic (exact) mass is 369 g/mol. The molecule has 24 heavy (non-hydrogen) atoms. The maximum atomic E-state index is 13.0. The maximum Gasteiger partial charge on any atom is 0.245 e. The van der Waals surface area contributed by atoms with Gasteiger partial charge in [0.25, 0.3) is 0 Å². The second-order valence-electron chi connectivity index (χ2n) is 5.55. The van der Waals surface area contributed by atoms with Gasteiger partial charge in [0.1, 0.15) is 6.61 Å². The first-order valence-corrected chi connectivity index (χ1v) is 9.18. The standard InChI is InChI=1S/C15H16ClN3O4S/c16-12-7-17-6-10-2-1-3-13(15(10)12)24(22,23)19-5-4-11(8-19)18-14(21)9-20/h1-3,6-7,11,20H,4-5,8-9H2,(H,18,21). The second-order valence-corrected chi connectivity index (χ2v) is 7.86. The number of benzene rings is 1. The Hall–Kier alpha value is -1.74. The third-order valence-corrected chi connectivity index (χ3v) is 6.17. The van der Waals surface area contributed by atoms with E-state index in [2.05, 4.69) is 10.3 Å². The highest BCUT2D eigenvalue weighted by atomic mass is 35.5. The number of aromatic nitrogens is 1. The van der Waals surface area contributed by atoms with Crippen LogP contribution in [0.2, 0.25) is 5.02 Å². The van der Waals surface area contributed by atoms with Gasteiger partial charge in [-0.25, -0.2) is 8.42 Å². The predicted molar refractivity (Wildman–Crippen MR) is 89.1 cm³/mol. The van der Waals surface area contributed by atoms with Gasteiger partial charge in [0.15, 0.2) is 0 Å². The fourth-order valence-corrected chi connectivity index (χ4v) is 4.91. The molecule has 2 aromatic rings. The molecule has 0 saturated carbocycles. The molecule has 1 fully saturated rings. The highest BCUT2D eigenvalue weighted by molar-refractivity contribution is 7.89. The van der Waals surface area contributed by atoms with Crippen molar-refractivity contribution in [2.75, 3.05) is 19.7 Å². The summed E-state index contributed by atoms with van der Waals surface area (Å²) in [6, 6.07) is 4.60. The van der Waals surface area contributed by atoms with Crippen molar-refractivity contribution < 1.29 is 18.3 Å². The fourth-order valence-electron chi connectivity index (χ4n) is 2.85. The number of nitrogens with one attached hydrogen (secondary N) is 1. The van der Waals surface area contributed by atoms with Crippen molar-refractivity contribution >= 4 is 38.3 Å². The van der Waals surface area contributed by atoms with Gasteiger partial charge in [-0.3, -0.25) is 9.78 Å². The van der Waals surface area contributed by atoms with Crippen LogP contribution in [0.5, 0.6) is 0 Å². The van der Waals surface area contributed by atoms with E-state index in [9.17, 15) is 13.2 Å². The number of aliphatic hydroxyl groups excluding tert-OH is 1. The van der Waals surface area contributed by atoms with Crippen LogP contribution in [0.1, 0.15) is 6.42 Å². The van der Waals surface area contributed by atoms with E-state index in [0.717, 1.165) is 0 Å². The molecule has 1 atom stereocenters. The number of rotatable bonds is 4. The van der Waals surface area contributed by atoms with Crippen molar-refractivity contribution in [1.82, 2.24) is 14.6 Å². The molecule has 0 bridgehead atoms. The Kier molecular flexibility index (Phi) is 4.73. The van der Waals surface area contributed by atoms with Gasteiger partial charge in [-0.15, -0.1) is 0 Å². The highest BCUT2D eigenvalue weighted by Crippen LogP contribution is 2.31. The number of hydrogen-bond acceptors (Lipinski definition) is 5. The number of hydrogen-bond donors (Lipinski definition) is 2. The van der Waals surface area contributed by atoms with Crippen LogP contribution >= 0.6 is 11.6 Å². The summed E-state index contributed by atoms with van der Waals surface area (Å²) in [5.41, 5.74) is 0. The van der Waals surface area contributed by atoms with Gasteiger partial charge in [-0.1, -0.05) is 23.7 Å². The van der Waals surface area contributed by atoms with Crippen LogP contribution in [0.15, 0.2) is 35.5 Å². The minimum Gasteiger partial charge on any atom is -0.387 e. The van der Waals surface area contributed by atoms with Crippen LogP contribution in [-0.2, 0) is 14.8 Å². The SMILES string of the molecule is O=C(CO)NC1CCN(S(=O)(=O)c2cccc3cncc(Cl)c23)C1. The second kappa shape index (κ2) is 6.64. The van der Waals surface area contributed by atoms with Gasteiger partial charge in [0.2, 0.25) is 15.9 Å². The van der Waals surface area contributed by atoms with Crippen LogP contribution in [0.25, 0.3) is 10.8 Å². The first-order valence-electron chi connectivity index (χ1n) is 7.36. The molecular formula is C15H16ClN3O4S. The number of carbonyl (C=O) groups is 1. The fraction of sp³-hybridized carbons (Fsp3) is 0.333. The topological polar surface area (TPSA) is 99.6 Å². The summed E-state index contributed by atoms with van der Waals surface area (Å²) < 4.78 is 27.3. The summed E-state index contributed by atoms with van der Waals surface area (Å²) in [5, 5.41) is 12.7. The van der Waals surface area contributed by atoms with Crippen LogP contribution < -0.4 is 5.32 Å². The van der Waals surface area contributed by atoms with Crippen LogP contribution in [-0.4, -0.2) is 54.5 Å². The maximum absolute atomic E-state index is 13.0. The van der Waals surface area contributed by atoms with E-state index in [4.69, 9.17) is 16.7 Å². The Morgan fingerprint density at radius 2 is 2.21 bits per heavy atom. The van der Waals surface area contributed by atoms with Crippen molar-refractivity contribution in [2.24, 2.45) is 0 Å². The van der Waals surface area contributed by atoms with E-state index in [1.54, 1.807) is 18.3 Å². The van der Waals surface area contributed by atoms with E-state index in [1.165, 1.54) is 16.6 Å². The minimum atomic E-state index is -3.76. The van der Waals surface area contributed by atoms with Gasteiger partial charge < -0.3 is 10.4 Å². The minimum absolute atomic E-state index is 0.126. The number of amides is 1.